The van der Waals surface area contributed by atoms with Gasteiger partial charge in [0, 0.05) is 12.6 Å². The number of nitrogens with two attached hydrogens (primary N) is 1. The van der Waals surface area contributed by atoms with Crippen molar-refractivity contribution >= 4 is 0 Å². The van der Waals surface area contributed by atoms with Gasteiger partial charge in [0.2, 0.25) is 0 Å². The number of hydrogen-bond donors (Lipinski definition) is 1. The van der Waals surface area contributed by atoms with Crippen LogP contribution in [0, 0.1) is 5.92 Å². The molecule has 0 aromatic carbocycles. The van der Waals surface area contributed by atoms with Gasteiger partial charge >= 0.3 is 0 Å². The molecule has 0 aliphatic carbocycles. The standard InChI is InChI=1S/C8H21N4/c1-5-8(4)12(10)11(9)6-7(2)3/h7-8,10H,5-6,9H2,1-4H3. The first kappa shape index (κ1) is 11.8. The van der Waals surface area contributed by atoms with Crippen LogP contribution in [0.1, 0.15) is 34.1 Å². The van der Waals surface area contributed by atoms with Crippen molar-refractivity contribution in [2.45, 2.75) is 40.2 Å². The molecule has 4 nitrogen and oxygen atoms in total. The van der Waals surface area contributed by atoms with Gasteiger partial charge in [0.05, 0.1) is 0 Å². The molecule has 3 N–H and O–H groups in total. The van der Waals surface area contributed by atoms with E-state index in [-0.39, 0.29) is 6.04 Å². The third-order valence-corrected chi connectivity index (χ3v) is 1.84. The van der Waals surface area contributed by atoms with E-state index in [2.05, 4.69) is 20.8 Å². The van der Waals surface area contributed by atoms with Crippen LogP contribution in [-0.2, 0) is 0 Å². The van der Waals surface area contributed by atoms with Gasteiger partial charge < -0.3 is 0 Å². The predicted octanol–water partition coefficient (Wildman–Crippen LogP) is 1.03. The third-order valence-electron chi connectivity index (χ3n) is 1.84. The van der Waals surface area contributed by atoms with Crippen LogP contribution in [-0.4, -0.2) is 22.8 Å². The minimum absolute atomic E-state index is 0.189. The highest BCUT2D eigenvalue weighted by molar-refractivity contribution is 4.56. The van der Waals surface area contributed by atoms with Gasteiger partial charge in [-0.3, -0.25) is 5.84 Å². The van der Waals surface area contributed by atoms with Gasteiger partial charge in [-0.15, -0.1) is 5.12 Å². The lowest BCUT2D eigenvalue weighted by Gasteiger charge is -2.31. The molecule has 0 amide bonds. The molecule has 0 fully saturated rings. The molecule has 1 atom stereocenters. The van der Waals surface area contributed by atoms with E-state index >= 15 is 0 Å². The number of hydrogen-bond acceptors (Lipinski definition) is 3. The zero-order valence-electron chi connectivity index (χ0n) is 8.54. The second-order valence-electron chi connectivity index (χ2n) is 3.62. The zero-order chi connectivity index (χ0) is 9.72. The maximum absolute atomic E-state index is 7.61. The van der Waals surface area contributed by atoms with Crippen molar-refractivity contribution < 1.29 is 0 Å². The van der Waals surface area contributed by atoms with Crippen LogP contribution in [0.4, 0.5) is 0 Å². The maximum atomic E-state index is 7.61. The van der Waals surface area contributed by atoms with Crippen LogP contribution >= 0.6 is 0 Å². The highest BCUT2D eigenvalue weighted by Crippen LogP contribution is 2.02. The fraction of sp³-hybridized carbons (Fsp3) is 1.00. The van der Waals surface area contributed by atoms with Crippen molar-refractivity contribution in [2.24, 2.45) is 11.8 Å². The van der Waals surface area contributed by atoms with Gasteiger partial charge in [0.15, 0.2) is 0 Å². The van der Waals surface area contributed by atoms with Gasteiger partial charge in [-0.25, -0.2) is 0 Å². The first-order chi connectivity index (χ1) is 5.49. The number of nitrogens with zero attached hydrogens (tertiary/aromatic N) is 2. The topological polar surface area (TPSA) is 56.3 Å². The molecule has 12 heavy (non-hydrogen) atoms. The Morgan fingerprint density at radius 2 is 1.83 bits per heavy atom. The Morgan fingerprint density at radius 1 is 1.33 bits per heavy atom. The van der Waals surface area contributed by atoms with Gasteiger partial charge in [-0.1, -0.05) is 20.8 Å². The average molecular weight is 173 g/mol. The lowest BCUT2D eigenvalue weighted by atomic mass is 10.2. The van der Waals surface area contributed by atoms with Crippen molar-refractivity contribution in [3.63, 3.8) is 0 Å². The van der Waals surface area contributed by atoms with Crippen molar-refractivity contribution in [3.8, 4) is 0 Å². The summed E-state index contributed by atoms with van der Waals surface area (Å²) in [6.45, 7) is 8.95. The van der Waals surface area contributed by atoms with E-state index in [1.807, 2.05) is 6.92 Å². The van der Waals surface area contributed by atoms with Crippen molar-refractivity contribution in [1.29, 1.82) is 0 Å². The third kappa shape index (κ3) is 4.01. The second-order valence-corrected chi connectivity index (χ2v) is 3.62. The molecule has 0 bridgehead atoms. The molecule has 0 saturated carbocycles. The Morgan fingerprint density at radius 3 is 2.17 bits per heavy atom. The summed E-state index contributed by atoms with van der Waals surface area (Å²) in [5.41, 5.74) is 0. The predicted molar refractivity (Wildman–Crippen MR) is 50.4 cm³/mol. The Kier molecular flexibility index (Phi) is 5.41. The van der Waals surface area contributed by atoms with Gasteiger partial charge in [0.1, 0.15) is 0 Å². The molecule has 0 saturated heterocycles. The first-order valence-electron chi connectivity index (χ1n) is 4.51. The zero-order valence-corrected chi connectivity index (χ0v) is 8.54. The Labute approximate surface area is 75.4 Å². The fourth-order valence-corrected chi connectivity index (χ4v) is 0.888. The van der Waals surface area contributed by atoms with Gasteiger partial charge in [0.25, 0.3) is 0 Å². The Bertz CT molecular complexity index is 116. The molecule has 0 heterocycles. The summed E-state index contributed by atoms with van der Waals surface area (Å²) in [5, 5.41) is 2.82. The minimum atomic E-state index is 0.189. The molecule has 0 aromatic heterocycles. The van der Waals surface area contributed by atoms with Crippen LogP contribution in [0.3, 0.4) is 0 Å². The van der Waals surface area contributed by atoms with Crippen LogP contribution in [0.25, 0.3) is 0 Å². The number of rotatable bonds is 5. The van der Waals surface area contributed by atoms with Crippen molar-refractivity contribution in [1.82, 2.24) is 16.1 Å². The van der Waals surface area contributed by atoms with Crippen molar-refractivity contribution in [2.75, 3.05) is 6.54 Å². The van der Waals surface area contributed by atoms with E-state index in [0.717, 1.165) is 13.0 Å². The first-order valence-corrected chi connectivity index (χ1v) is 4.51. The molecular weight excluding hydrogens is 152 g/mol. The summed E-state index contributed by atoms with van der Waals surface area (Å²) in [6, 6.07) is 0.189. The normalized spacial score (nSPS) is 14.8. The monoisotopic (exact) mass is 173 g/mol. The molecule has 73 valence electrons. The Balaban J connectivity index is 3.83. The minimum Gasteiger partial charge on any atom is -0.254 e. The number of nitrogens with one attached hydrogen (secondary N) is 1. The summed E-state index contributed by atoms with van der Waals surface area (Å²) in [7, 11) is 0. The van der Waals surface area contributed by atoms with Crippen LogP contribution in [0.15, 0.2) is 0 Å². The molecule has 1 unspecified atom stereocenters. The lowest BCUT2D eigenvalue weighted by Crippen LogP contribution is -2.52. The maximum Gasteiger partial charge on any atom is 0.0399 e. The Hall–Kier alpha value is -0.160. The van der Waals surface area contributed by atoms with E-state index in [4.69, 9.17) is 11.7 Å². The summed E-state index contributed by atoms with van der Waals surface area (Å²) in [6.07, 6.45) is 0.940. The molecular formula is C8H21N4. The summed E-state index contributed by atoms with van der Waals surface area (Å²) < 4.78 is 0. The van der Waals surface area contributed by atoms with Crippen molar-refractivity contribution in [3.05, 3.63) is 0 Å². The number of hydrazine groups is 2. The van der Waals surface area contributed by atoms with Crippen LogP contribution in [0.5, 0.6) is 0 Å². The molecule has 4 heteroatoms. The highest BCUT2D eigenvalue weighted by atomic mass is 15.8. The molecule has 0 aliphatic heterocycles. The van der Waals surface area contributed by atoms with E-state index in [1.165, 1.54) is 10.2 Å². The lowest BCUT2D eigenvalue weighted by molar-refractivity contribution is -0.0767. The summed E-state index contributed by atoms with van der Waals surface area (Å²) in [5.74, 6) is 13.8. The van der Waals surface area contributed by atoms with E-state index in [9.17, 15) is 0 Å². The summed E-state index contributed by atoms with van der Waals surface area (Å²) >= 11 is 0. The van der Waals surface area contributed by atoms with Crippen LogP contribution in [0.2, 0.25) is 0 Å². The second kappa shape index (κ2) is 5.48. The van der Waals surface area contributed by atoms with E-state index in [0.29, 0.717) is 5.92 Å². The molecule has 0 aliphatic rings. The van der Waals surface area contributed by atoms with Crippen LogP contribution < -0.4 is 11.7 Å². The van der Waals surface area contributed by atoms with E-state index in [1.54, 1.807) is 0 Å². The SMILES string of the molecule is CCC(C)N([NH])N(N)CC(C)C. The van der Waals surface area contributed by atoms with Gasteiger partial charge in [-0.05, 0) is 19.3 Å². The average Bonchev–Trinajstić information content (AvgIpc) is 2.00. The molecule has 0 rings (SSSR count). The molecule has 0 aromatic rings. The van der Waals surface area contributed by atoms with Gasteiger partial charge in [-0.2, -0.15) is 11.0 Å². The molecule has 1 radical (unpaired) electrons. The largest absolute Gasteiger partial charge is 0.254 e. The highest BCUT2D eigenvalue weighted by Gasteiger charge is 2.14. The smallest absolute Gasteiger partial charge is 0.0399 e. The summed E-state index contributed by atoms with van der Waals surface area (Å²) in [4.78, 5) is 0. The van der Waals surface area contributed by atoms with E-state index < -0.39 is 0 Å². The quantitative estimate of drug-likeness (QED) is 0.499. The molecule has 0 spiro atoms. The fourth-order valence-electron chi connectivity index (χ4n) is 0.888.